The van der Waals surface area contributed by atoms with Crippen molar-refractivity contribution in [2.45, 2.75) is 39.2 Å². The van der Waals surface area contributed by atoms with E-state index in [1.807, 2.05) is 13.8 Å². The van der Waals surface area contributed by atoms with Gasteiger partial charge in [-0.25, -0.2) is 9.79 Å². The summed E-state index contributed by atoms with van der Waals surface area (Å²) >= 11 is 0. The number of rotatable bonds is 2. The van der Waals surface area contributed by atoms with E-state index < -0.39 is 30.0 Å². The second-order valence-electron chi connectivity index (χ2n) is 7.18. The van der Waals surface area contributed by atoms with E-state index in [9.17, 15) is 22.8 Å². The van der Waals surface area contributed by atoms with Crippen molar-refractivity contribution in [3.05, 3.63) is 41.2 Å². The first kappa shape index (κ1) is 19.3. The maximum absolute atomic E-state index is 13.0. The summed E-state index contributed by atoms with van der Waals surface area (Å²) < 4.78 is 38.7. The van der Waals surface area contributed by atoms with Crippen LogP contribution in [-0.2, 0) is 11.0 Å². The van der Waals surface area contributed by atoms with Gasteiger partial charge in [-0.15, -0.1) is 0 Å². The molecule has 2 unspecified atom stereocenters. The molecule has 1 fully saturated rings. The van der Waals surface area contributed by atoms with Gasteiger partial charge in [-0.3, -0.25) is 19.5 Å². The lowest BCUT2D eigenvalue weighted by atomic mass is 10.1. The quantitative estimate of drug-likeness (QED) is 0.756. The lowest BCUT2D eigenvalue weighted by Gasteiger charge is -2.40. The number of guanidine groups is 1. The summed E-state index contributed by atoms with van der Waals surface area (Å²) in [5.41, 5.74) is 1.29. The highest BCUT2D eigenvalue weighted by Gasteiger charge is 2.55. The van der Waals surface area contributed by atoms with Crippen LogP contribution in [0.2, 0.25) is 0 Å². The minimum atomic E-state index is -4.42. The van der Waals surface area contributed by atoms with E-state index in [-0.39, 0.29) is 12.5 Å². The van der Waals surface area contributed by atoms with E-state index in [4.69, 9.17) is 0 Å². The van der Waals surface area contributed by atoms with Crippen molar-refractivity contribution in [2.75, 3.05) is 18.5 Å². The van der Waals surface area contributed by atoms with Gasteiger partial charge in [0.1, 0.15) is 0 Å². The Morgan fingerprint density at radius 1 is 1.07 bits per heavy atom. The Balaban J connectivity index is 1.75. The van der Waals surface area contributed by atoms with E-state index in [0.717, 1.165) is 23.5 Å². The van der Waals surface area contributed by atoms with E-state index in [1.165, 1.54) is 21.9 Å². The summed E-state index contributed by atoms with van der Waals surface area (Å²) in [5.74, 6) is 0.0986. The number of imide groups is 1. The molecule has 3 aliphatic rings. The molecule has 4 rings (SSSR count). The molecule has 10 heteroatoms. The van der Waals surface area contributed by atoms with E-state index in [1.54, 1.807) is 23.8 Å². The van der Waals surface area contributed by atoms with Crippen LogP contribution in [-0.4, -0.2) is 58.4 Å². The fourth-order valence-electron chi connectivity index (χ4n) is 4.01. The molecule has 0 saturated carbocycles. The largest absolute Gasteiger partial charge is 0.416 e. The van der Waals surface area contributed by atoms with Gasteiger partial charge in [-0.05, 0) is 45.0 Å². The van der Waals surface area contributed by atoms with Crippen LogP contribution in [0.15, 0.2) is 40.7 Å². The number of amides is 3. The third-order valence-electron chi connectivity index (χ3n) is 5.66. The van der Waals surface area contributed by atoms with E-state index in [2.05, 4.69) is 4.99 Å². The zero-order chi connectivity index (χ0) is 21.2. The number of allylic oxidation sites excluding steroid dienone is 2. The molecule has 7 nitrogen and oxygen atoms in total. The zero-order valence-electron chi connectivity index (χ0n) is 16.4. The molecule has 2 atom stereocenters. The number of aliphatic imine (C=N–C) groups is 1. The van der Waals surface area contributed by atoms with Gasteiger partial charge in [-0.2, -0.15) is 13.2 Å². The highest BCUT2D eigenvalue weighted by atomic mass is 19.4. The molecule has 0 spiro atoms. The molecular formula is C19H20F3N5O2. The number of urea groups is 1. The SMILES string of the molecule is CCN1C(=O)C2C(N=C3N(c4ccc(C(F)(F)F)cc4)C(C)=C(C)N32)N(C)C1=O. The number of carbonyl (C=O) groups is 2. The molecule has 1 saturated heterocycles. The number of halogens is 3. The number of fused-ring (bicyclic) bond motifs is 3. The average Bonchev–Trinajstić information content (AvgIpc) is 3.16. The molecule has 1 aromatic carbocycles. The van der Waals surface area contributed by atoms with Crippen molar-refractivity contribution in [3.8, 4) is 0 Å². The third kappa shape index (κ3) is 2.61. The highest BCUT2D eigenvalue weighted by molar-refractivity contribution is 6.10. The third-order valence-corrected chi connectivity index (χ3v) is 5.66. The average molecular weight is 407 g/mol. The van der Waals surface area contributed by atoms with Gasteiger partial charge in [0.2, 0.25) is 5.96 Å². The minimum Gasteiger partial charge on any atom is -0.302 e. The van der Waals surface area contributed by atoms with Gasteiger partial charge in [0.25, 0.3) is 5.91 Å². The number of alkyl halides is 3. The molecule has 0 N–H and O–H groups in total. The summed E-state index contributed by atoms with van der Waals surface area (Å²) in [4.78, 5) is 36.2. The topological polar surface area (TPSA) is 59.5 Å². The summed E-state index contributed by atoms with van der Waals surface area (Å²) in [7, 11) is 1.59. The Hall–Kier alpha value is -3.04. The van der Waals surface area contributed by atoms with Crippen LogP contribution in [0.25, 0.3) is 0 Å². The molecular weight excluding hydrogens is 387 g/mol. The first-order chi connectivity index (χ1) is 13.6. The standard InChI is InChI=1S/C19H20F3N5O2/c1-5-25-16(28)14-15(24(4)18(25)29)23-17-26(10(2)11(3)27(14)17)13-8-6-12(7-9-13)19(20,21)22/h6-9,14-15H,5H2,1-4H3. The van der Waals surface area contributed by atoms with Crippen LogP contribution in [0.4, 0.5) is 23.7 Å². The van der Waals surface area contributed by atoms with Crippen molar-refractivity contribution in [2.24, 2.45) is 4.99 Å². The van der Waals surface area contributed by atoms with E-state index in [0.29, 0.717) is 11.6 Å². The molecule has 0 aliphatic carbocycles. The molecule has 3 heterocycles. The van der Waals surface area contributed by atoms with Crippen molar-refractivity contribution >= 4 is 23.6 Å². The summed E-state index contributed by atoms with van der Waals surface area (Å²) in [6.45, 7) is 5.63. The summed E-state index contributed by atoms with van der Waals surface area (Å²) in [5, 5.41) is 0. The van der Waals surface area contributed by atoms with Crippen LogP contribution in [0.3, 0.4) is 0 Å². The van der Waals surface area contributed by atoms with Crippen LogP contribution >= 0.6 is 0 Å². The van der Waals surface area contributed by atoms with Crippen LogP contribution in [0, 0.1) is 0 Å². The Morgan fingerprint density at radius 3 is 2.24 bits per heavy atom. The lowest BCUT2D eigenvalue weighted by Crippen LogP contribution is -2.64. The number of hydrogen-bond acceptors (Lipinski definition) is 5. The number of carbonyl (C=O) groups excluding carboxylic acids is 2. The lowest BCUT2D eigenvalue weighted by molar-refractivity contribution is -0.138. The predicted octanol–water partition coefficient (Wildman–Crippen LogP) is 3.06. The van der Waals surface area contributed by atoms with Gasteiger partial charge in [-0.1, -0.05) is 0 Å². The van der Waals surface area contributed by atoms with Crippen LogP contribution < -0.4 is 4.90 Å². The molecule has 1 aromatic rings. The molecule has 154 valence electrons. The molecule has 3 aliphatic heterocycles. The second kappa shape index (κ2) is 6.23. The monoisotopic (exact) mass is 407 g/mol. The molecule has 0 aromatic heterocycles. The molecule has 0 bridgehead atoms. The molecule has 0 radical (unpaired) electrons. The number of anilines is 1. The van der Waals surface area contributed by atoms with Gasteiger partial charge >= 0.3 is 12.2 Å². The van der Waals surface area contributed by atoms with Crippen molar-refractivity contribution in [1.82, 2.24) is 14.7 Å². The number of nitrogens with zero attached hydrogens (tertiary/aromatic N) is 5. The number of benzene rings is 1. The normalized spacial score (nSPS) is 24.4. The van der Waals surface area contributed by atoms with Gasteiger partial charge in [0.05, 0.1) is 5.56 Å². The number of hydrogen-bond donors (Lipinski definition) is 0. The molecule has 29 heavy (non-hydrogen) atoms. The predicted molar refractivity (Wildman–Crippen MR) is 99.7 cm³/mol. The Labute approximate surface area is 165 Å². The fourth-order valence-corrected chi connectivity index (χ4v) is 4.01. The number of likely N-dealkylation sites (N-methyl/N-ethyl adjacent to an activating group) is 2. The first-order valence-corrected chi connectivity index (χ1v) is 9.18. The fraction of sp³-hybridized carbons (Fsp3) is 0.421. The summed E-state index contributed by atoms with van der Waals surface area (Å²) in [6, 6.07) is 3.68. The highest BCUT2D eigenvalue weighted by Crippen LogP contribution is 2.40. The smallest absolute Gasteiger partial charge is 0.302 e. The van der Waals surface area contributed by atoms with Crippen LogP contribution in [0.5, 0.6) is 0 Å². The second-order valence-corrected chi connectivity index (χ2v) is 7.18. The van der Waals surface area contributed by atoms with Crippen LogP contribution in [0.1, 0.15) is 26.3 Å². The Bertz CT molecular complexity index is 954. The zero-order valence-corrected chi connectivity index (χ0v) is 16.4. The Morgan fingerprint density at radius 2 is 1.69 bits per heavy atom. The maximum Gasteiger partial charge on any atom is 0.416 e. The molecule has 3 amide bonds. The van der Waals surface area contributed by atoms with Gasteiger partial charge in [0.15, 0.2) is 12.2 Å². The minimum absolute atomic E-state index is 0.249. The van der Waals surface area contributed by atoms with Gasteiger partial charge < -0.3 is 4.90 Å². The van der Waals surface area contributed by atoms with Crippen molar-refractivity contribution in [1.29, 1.82) is 0 Å². The van der Waals surface area contributed by atoms with Crippen molar-refractivity contribution < 1.29 is 22.8 Å². The van der Waals surface area contributed by atoms with Crippen molar-refractivity contribution in [3.63, 3.8) is 0 Å². The maximum atomic E-state index is 13.0. The summed E-state index contributed by atoms with van der Waals surface area (Å²) in [6.07, 6.45) is -5.11. The Kier molecular flexibility index (Phi) is 4.14. The van der Waals surface area contributed by atoms with E-state index >= 15 is 0 Å². The first-order valence-electron chi connectivity index (χ1n) is 9.18. The van der Waals surface area contributed by atoms with Gasteiger partial charge in [0, 0.05) is 30.7 Å².